The van der Waals surface area contributed by atoms with Crippen molar-refractivity contribution in [3.8, 4) is 0 Å². The van der Waals surface area contributed by atoms with E-state index in [2.05, 4.69) is 21.2 Å². The van der Waals surface area contributed by atoms with Gasteiger partial charge < -0.3 is 10.1 Å². The summed E-state index contributed by atoms with van der Waals surface area (Å²) in [7, 11) is -3.62. The molecule has 2 aromatic rings. The van der Waals surface area contributed by atoms with Crippen LogP contribution in [0.3, 0.4) is 0 Å². The fourth-order valence-electron chi connectivity index (χ4n) is 2.71. The van der Waals surface area contributed by atoms with Crippen molar-refractivity contribution in [1.82, 2.24) is 9.62 Å². The first-order valence-electron chi connectivity index (χ1n) is 8.18. The molecule has 1 saturated heterocycles. The van der Waals surface area contributed by atoms with Crippen molar-refractivity contribution < 1.29 is 17.9 Å². The molecular formula is C18H19BrN2O4S. The van der Waals surface area contributed by atoms with Gasteiger partial charge in [0, 0.05) is 29.7 Å². The molecule has 0 aromatic heterocycles. The Kier molecular flexibility index (Phi) is 6.08. The van der Waals surface area contributed by atoms with Gasteiger partial charge in [-0.05, 0) is 35.9 Å². The molecule has 1 N–H and O–H groups in total. The Balaban J connectivity index is 1.77. The standard InChI is InChI=1S/C18H19BrN2O4S/c19-16-7-5-14(6-8-16)18(22)20-13-15-3-1-2-4-17(15)26(23,24)21-9-11-25-12-10-21/h1-8H,9-13H2,(H,20,22). The zero-order valence-corrected chi connectivity index (χ0v) is 16.4. The zero-order chi connectivity index (χ0) is 18.6. The highest BCUT2D eigenvalue weighted by Gasteiger charge is 2.28. The summed E-state index contributed by atoms with van der Waals surface area (Å²) in [5.41, 5.74) is 1.08. The Morgan fingerprint density at radius 3 is 2.42 bits per heavy atom. The molecule has 1 aliphatic rings. The third-order valence-corrected chi connectivity index (χ3v) is 6.63. The van der Waals surface area contributed by atoms with Crippen LogP contribution < -0.4 is 5.32 Å². The van der Waals surface area contributed by atoms with Gasteiger partial charge in [-0.25, -0.2) is 8.42 Å². The molecule has 138 valence electrons. The number of hydrogen-bond donors (Lipinski definition) is 1. The summed E-state index contributed by atoms with van der Waals surface area (Å²) < 4.78 is 33.4. The third kappa shape index (κ3) is 4.32. The number of carbonyl (C=O) groups is 1. The number of halogens is 1. The fraction of sp³-hybridized carbons (Fsp3) is 0.278. The van der Waals surface area contributed by atoms with Crippen molar-refractivity contribution in [2.45, 2.75) is 11.4 Å². The predicted molar refractivity (Wildman–Crippen MR) is 101 cm³/mol. The number of nitrogens with one attached hydrogen (secondary N) is 1. The SMILES string of the molecule is O=C(NCc1ccccc1S(=O)(=O)N1CCOCC1)c1ccc(Br)cc1. The van der Waals surface area contributed by atoms with Crippen LogP contribution in [0.5, 0.6) is 0 Å². The van der Waals surface area contributed by atoms with E-state index in [-0.39, 0.29) is 17.3 Å². The van der Waals surface area contributed by atoms with Crippen molar-refractivity contribution in [2.75, 3.05) is 26.3 Å². The molecule has 1 aliphatic heterocycles. The number of benzene rings is 2. The van der Waals surface area contributed by atoms with Crippen molar-refractivity contribution in [3.63, 3.8) is 0 Å². The first-order chi connectivity index (χ1) is 12.5. The summed E-state index contributed by atoms with van der Waals surface area (Å²) in [6, 6.07) is 13.7. The van der Waals surface area contributed by atoms with Crippen LogP contribution in [0.15, 0.2) is 57.9 Å². The van der Waals surface area contributed by atoms with Gasteiger partial charge in [0.15, 0.2) is 0 Å². The van der Waals surface area contributed by atoms with E-state index in [0.717, 1.165) is 4.47 Å². The second-order valence-corrected chi connectivity index (χ2v) is 8.64. The van der Waals surface area contributed by atoms with Crippen LogP contribution in [0, 0.1) is 0 Å². The molecule has 0 aliphatic carbocycles. The fourth-order valence-corrected chi connectivity index (χ4v) is 4.60. The molecule has 6 nitrogen and oxygen atoms in total. The van der Waals surface area contributed by atoms with E-state index in [0.29, 0.717) is 37.4 Å². The summed E-state index contributed by atoms with van der Waals surface area (Å²) in [6.45, 7) is 1.59. The molecule has 26 heavy (non-hydrogen) atoms. The number of carbonyl (C=O) groups excluding carboxylic acids is 1. The van der Waals surface area contributed by atoms with E-state index in [4.69, 9.17) is 4.74 Å². The Morgan fingerprint density at radius 1 is 1.08 bits per heavy atom. The van der Waals surface area contributed by atoms with Gasteiger partial charge in [-0.2, -0.15) is 4.31 Å². The van der Waals surface area contributed by atoms with Crippen LogP contribution in [-0.4, -0.2) is 44.9 Å². The summed E-state index contributed by atoms with van der Waals surface area (Å²) in [4.78, 5) is 12.5. The van der Waals surface area contributed by atoms with Gasteiger partial charge in [-0.1, -0.05) is 34.1 Å². The average Bonchev–Trinajstić information content (AvgIpc) is 2.67. The predicted octanol–water partition coefficient (Wildman–Crippen LogP) is 2.40. The molecule has 0 spiro atoms. The van der Waals surface area contributed by atoms with Crippen LogP contribution in [0.4, 0.5) is 0 Å². The largest absolute Gasteiger partial charge is 0.379 e. The smallest absolute Gasteiger partial charge is 0.251 e. The lowest BCUT2D eigenvalue weighted by molar-refractivity contribution is 0.0730. The van der Waals surface area contributed by atoms with Gasteiger partial charge in [-0.3, -0.25) is 4.79 Å². The maximum atomic E-state index is 12.9. The topological polar surface area (TPSA) is 75.7 Å². The van der Waals surface area contributed by atoms with E-state index >= 15 is 0 Å². The normalized spacial score (nSPS) is 15.6. The second-order valence-electron chi connectivity index (χ2n) is 5.81. The quantitative estimate of drug-likeness (QED) is 0.777. The molecular weight excluding hydrogens is 420 g/mol. The highest BCUT2D eigenvalue weighted by Crippen LogP contribution is 2.21. The van der Waals surface area contributed by atoms with Crippen LogP contribution in [0.2, 0.25) is 0 Å². The minimum atomic E-state index is -3.62. The first-order valence-corrected chi connectivity index (χ1v) is 10.4. The Hall–Kier alpha value is -1.74. The average molecular weight is 439 g/mol. The van der Waals surface area contributed by atoms with E-state index in [9.17, 15) is 13.2 Å². The molecule has 0 unspecified atom stereocenters. The van der Waals surface area contributed by atoms with E-state index in [1.54, 1.807) is 48.5 Å². The summed E-state index contributed by atoms with van der Waals surface area (Å²) in [5.74, 6) is -0.254. The molecule has 0 atom stereocenters. The van der Waals surface area contributed by atoms with E-state index in [1.807, 2.05) is 0 Å². The number of rotatable bonds is 5. The van der Waals surface area contributed by atoms with Crippen molar-refractivity contribution >= 4 is 31.9 Å². The summed E-state index contributed by atoms with van der Waals surface area (Å²) in [6.07, 6.45) is 0. The van der Waals surface area contributed by atoms with Crippen LogP contribution in [0.25, 0.3) is 0 Å². The maximum Gasteiger partial charge on any atom is 0.251 e. The van der Waals surface area contributed by atoms with E-state index in [1.165, 1.54) is 4.31 Å². The molecule has 1 heterocycles. The van der Waals surface area contributed by atoms with Crippen molar-refractivity contribution in [3.05, 3.63) is 64.1 Å². The number of morpholine rings is 1. The van der Waals surface area contributed by atoms with Gasteiger partial charge in [0.05, 0.1) is 18.1 Å². The third-order valence-electron chi connectivity index (χ3n) is 4.11. The van der Waals surface area contributed by atoms with Gasteiger partial charge in [-0.15, -0.1) is 0 Å². The second kappa shape index (κ2) is 8.30. The molecule has 1 amide bonds. The van der Waals surface area contributed by atoms with Crippen molar-refractivity contribution in [1.29, 1.82) is 0 Å². The van der Waals surface area contributed by atoms with Crippen LogP contribution in [-0.2, 0) is 21.3 Å². The van der Waals surface area contributed by atoms with Gasteiger partial charge >= 0.3 is 0 Å². The van der Waals surface area contributed by atoms with Gasteiger partial charge in [0.25, 0.3) is 5.91 Å². The molecule has 0 radical (unpaired) electrons. The van der Waals surface area contributed by atoms with Crippen molar-refractivity contribution in [2.24, 2.45) is 0 Å². The lowest BCUT2D eigenvalue weighted by atomic mass is 10.2. The molecule has 1 fully saturated rings. The first kappa shape index (κ1) is 19.0. The monoisotopic (exact) mass is 438 g/mol. The number of hydrogen-bond acceptors (Lipinski definition) is 4. The Bertz CT molecular complexity index is 878. The summed E-state index contributed by atoms with van der Waals surface area (Å²) >= 11 is 3.33. The van der Waals surface area contributed by atoms with Crippen LogP contribution >= 0.6 is 15.9 Å². The molecule has 3 rings (SSSR count). The molecule has 0 bridgehead atoms. The van der Waals surface area contributed by atoms with Gasteiger partial charge in [0.1, 0.15) is 0 Å². The van der Waals surface area contributed by atoms with Gasteiger partial charge in [0.2, 0.25) is 10.0 Å². The minimum absolute atomic E-state index is 0.134. The number of nitrogens with zero attached hydrogens (tertiary/aromatic N) is 1. The van der Waals surface area contributed by atoms with Crippen LogP contribution in [0.1, 0.15) is 15.9 Å². The number of ether oxygens (including phenoxy) is 1. The number of amides is 1. The molecule has 8 heteroatoms. The Morgan fingerprint density at radius 2 is 1.73 bits per heavy atom. The van der Waals surface area contributed by atoms with E-state index < -0.39 is 10.0 Å². The highest BCUT2D eigenvalue weighted by atomic mass is 79.9. The maximum absolute atomic E-state index is 12.9. The lowest BCUT2D eigenvalue weighted by Crippen LogP contribution is -2.41. The molecule has 0 saturated carbocycles. The molecule has 2 aromatic carbocycles. The lowest BCUT2D eigenvalue weighted by Gasteiger charge is -2.27. The Labute approximate surface area is 161 Å². The zero-order valence-electron chi connectivity index (χ0n) is 14.0. The minimum Gasteiger partial charge on any atom is -0.379 e. The summed E-state index contributed by atoms with van der Waals surface area (Å²) in [5, 5.41) is 2.79. The highest BCUT2D eigenvalue weighted by molar-refractivity contribution is 9.10. The number of sulfonamides is 1.